The second-order valence-corrected chi connectivity index (χ2v) is 6.73. The van der Waals surface area contributed by atoms with E-state index in [9.17, 15) is 9.59 Å². The third-order valence-electron chi connectivity index (χ3n) is 3.85. The molecule has 0 spiro atoms. The highest BCUT2D eigenvalue weighted by Crippen LogP contribution is 2.30. The van der Waals surface area contributed by atoms with Crippen molar-refractivity contribution in [2.45, 2.75) is 45.1 Å². The van der Waals surface area contributed by atoms with Crippen LogP contribution in [0.25, 0.3) is 0 Å². The first kappa shape index (κ1) is 15.0. The molecule has 1 aliphatic carbocycles. The van der Waals surface area contributed by atoms with E-state index >= 15 is 0 Å². The maximum absolute atomic E-state index is 12.3. The number of aromatic nitrogens is 1. The molecule has 0 bridgehead atoms. The van der Waals surface area contributed by atoms with Crippen LogP contribution in [-0.4, -0.2) is 22.0 Å². The Morgan fingerprint density at radius 3 is 2.40 bits per heavy atom. The van der Waals surface area contributed by atoms with E-state index in [1.165, 1.54) is 11.3 Å². The summed E-state index contributed by atoms with van der Waals surface area (Å²) in [6, 6.07) is 0. The van der Waals surface area contributed by atoms with E-state index in [1.807, 2.05) is 19.2 Å². The SMILES string of the molecule is CC(C)(NC(=O)C1CCC(C(=O)O)CC1)c1nccs1. The Morgan fingerprint density at radius 2 is 1.90 bits per heavy atom. The molecule has 1 fully saturated rings. The topological polar surface area (TPSA) is 79.3 Å². The maximum Gasteiger partial charge on any atom is 0.306 e. The van der Waals surface area contributed by atoms with Crippen LogP contribution in [0.3, 0.4) is 0 Å². The largest absolute Gasteiger partial charge is 0.481 e. The Labute approximate surface area is 122 Å². The molecule has 0 atom stereocenters. The molecule has 1 saturated carbocycles. The van der Waals surface area contributed by atoms with Crippen LogP contribution < -0.4 is 5.32 Å². The Bertz CT molecular complexity index is 477. The van der Waals surface area contributed by atoms with Crippen LogP contribution in [-0.2, 0) is 15.1 Å². The predicted molar refractivity (Wildman–Crippen MR) is 76.4 cm³/mol. The van der Waals surface area contributed by atoms with Crippen molar-refractivity contribution >= 4 is 23.2 Å². The molecule has 1 heterocycles. The molecule has 110 valence electrons. The zero-order valence-corrected chi connectivity index (χ0v) is 12.6. The zero-order chi connectivity index (χ0) is 14.8. The molecular formula is C14H20N2O3S. The number of hydrogen-bond acceptors (Lipinski definition) is 4. The molecule has 0 radical (unpaired) electrons. The lowest BCUT2D eigenvalue weighted by atomic mass is 9.81. The van der Waals surface area contributed by atoms with Gasteiger partial charge in [-0.25, -0.2) is 4.98 Å². The minimum Gasteiger partial charge on any atom is -0.481 e. The first-order valence-electron chi connectivity index (χ1n) is 6.85. The van der Waals surface area contributed by atoms with E-state index in [2.05, 4.69) is 10.3 Å². The van der Waals surface area contributed by atoms with Gasteiger partial charge in [0.1, 0.15) is 5.01 Å². The Hall–Kier alpha value is -1.43. The smallest absolute Gasteiger partial charge is 0.306 e. The minimum absolute atomic E-state index is 0.00837. The van der Waals surface area contributed by atoms with Crippen LogP contribution >= 0.6 is 11.3 Å². The summed E-state index contributed by atoms with van der Waals surface area (Å²) in [6.07, 6.45) is 4.20. The minimum atomic E-state index is -0.744. The Kier molecular flexibility index (Phi) is 4.42. The third kappa shape index (κ3) is 3.36. The molecule has 2 rings (SSSR count). The van der Waals surface area contributed by atoms with Crippen LogP contribution in [0.15, 0.2) is 11.6 Å². The van der Waals surface area contributed by atoms with Gasteiger partial charge in [0, 0.05) is 17.5 Å². The quantitative estimate of drug-likeness (QED) is 0.894. The predicted octanol–water partition coefficient (Wildman–Crippen LogP) is 2.39. The molecule has 20 heavy (non-hydrogen) atoms. The monoisotopic (exact) mass is 296 g/mol. The number of hydrogen-bond donors (Lipinski definition) is 2. The van der Waals surface area contributed by atoms with Crippen LogP contribution in [0.5, 0.6) is 0 Å². The number of rotatable bonds is 4. The summed E-state index contributed by atoms with van der Waals surface area (Å²) in [5.74, 6) is -1.10. The average molecular weight is 296 g/mol. The van der Waals surface area contributed by atoms with Crippen molar-refractivity contribution < 1.29 is 14.7 Å². The van der Waals surface area contributed by atoms with Crippen molar-refractivity contribution in [3.8, 4) is 0 Å². The summed E-state index contributed by atoms with van der Waals surface area (Å²) >= 11 is 1.52. The highest BCUT2D eigenvalue weighted by molar-refractivity contribution is 7.09. The average Bonchev–Trinajstić information content (AvgIpc) is 2.93. The molecule has 2 N–H and O–H groups in total. The van der Waals surface area contributed by atoms with Gasteiger partial charge < -0.3 is 10.4 Å². The molecule has 6 heteroatoms. The molecule has 1 amide bonds. The number of amides is 1. The van der Waals surface area contributed by atoms with Crippen LogP contribution in [0.2, 0.25) is 0 Å². The number of carbonyl (C=O) groups is 2. The lowest BCUT2D eigenvalue weighted by Gasteiger charge is -2.30. The molecule has 1 aliphatic rings. The van der Waals surface area contributed by atoms with E-state index < -0.39 is 11.5 Å². The molecule has 0 saturated heterocycles. The van der Waals surface area contributed by atoms with E-state index in [0.717, 1.165) is 5.01 Å². The van der Waals surface area contributed by atoms with E-state index in [1.54, 1.807) is 6.20 Å². The van der Waals surface area contributed by atoms with Gasteiger partial charge in [-0.15, -0.1) is 11.3 Å². The zero-order valence-electron chi connectivity index (χ0n) is 11.8. The number of nitrogens with one attached hydrogen (secondary N) is 1. The van der Waals surface area contributed by atoms with Gasteiger partial charge >= 0.3 is 5.97 Å². The molecule has 1 aromatic rings. The lowest BCUT2D eigenvalue weighted by molar-refractivity contribution is -0.144. The molecule has 0 aromatic carbocycles. The van der Waals surface area contributed by atoms with Crippen LogP contribution in [0.1, 0.15) is 44.5 Å². The van der Waals surface area contributed by atoms with E-state index in [4.69, 9.17) is 5.11 Å². The van der Waals surface area contributed by atoms with Crippen molar-refractivity contribution in [3.63, 3.8) is 0 Å². The van der Waals surface area contributed by atoms with Crippen molar-refractivity contribution in [2.75, 3.05) is 0 Å². The van der Waals surface area contributed by atoms with Gasteiger partial charge in [0.05, 0.1) is 11.5 Å². The maximum atomic E-state index is 12.3. The summed E-state index contributed by atoms with van der Waals surface area (Å²) in [4.78, 5) is 27.5. The molecule has 1 aromatic heterocycles. The highest BCUT2D eigenvalue weighted by Gasteiger charge is 2.33. The Morgan fingerprint density at radius 1 is 1.30 bits per heavy atom. The number of nitrogens with zero attached hydrogens (tertiary/aromatic N) is 1. The van der Waals surface area contributed by atoms with Crippen molar-refractivity contribution in [1.29, 1.82) is 0 Å². The van der Waals surface area contributed by atoms with Crippen molar-refractivity contribution in [1.82, 2.24) is 10.3 Å². The fourth-order valence-electron chi connectivity index (χ4n) is 2.60. The number of carbonyl (C=O) groups excluding carboxylic acids is 1. The second kappa shape index (κ2) is 5.91. The van der Waals surface area contributed by atoms with E-state index in [0.29, 0.717) is 25.7 Å². The summed E-state index contributed by atoms with van der Waals surface area (Å²) < 4.78 is 0. The lowest BCUT2D eigenvalue weighted by Crippen LogP contribution is -2.45. The van der Waals surface area contributed by atoms with Crippen molar-refractivity contribution in [3.05, 3.63) is 16.6 Å². The normalized spacial score (nSPS) is 23.3. The van der Waals surface area contributed by atoms with Crippen molar-refractivity contribution in [2.24, 2.45) is 11.8 Å². The highest BCUT2D eigenvalue weighted by atomic mass is 32.1. The van der Waals surface area contributed by atoms with Gasteiger partial charge in [0.2, 0.25) is 5.91 Å². The third-order valence-corrected chi connectivity index (χ3v) is 4.95. The molecule has 5 nitrogen and oxygen atoms in total. The number of aliphatic carboxylic acids is 1. The second-order valence-electron chi connectivity index (χ2n) is 5.84. The van der Waals surface area contributed by atoms with Gasteiger partial charge in [-0.1, -0.05) is 0 Å². The summed E-state index contributed by atoms with van der Waals surface area (Å²) in [5, 5.41) is 14.8. The van der Waals surface area contributed by atoms with Gasteiger partial charge in [-0.2, -0.15) is 0 Å². The molecular weight excluding hydrogens is 276 g/mol. The number of carboxylic acids is 1. The first-order valence-corrected chi connectivity index (χ1v) is 7.73. The van der Waals surface area contributed by atoms with Gasteiger partial charge in [0.15, 0.2) is 0 Å². The fourth-order valence-corrected chi connectivity index (χ4v) is 3.32. The molecule has 0 unspecified atom stereocenters. The fraction of sp³-hybridized carbons (Fsp3) is 0.643. The van der Waals surface area contributed by atoms with Crippen LogP contribution in [0.4, 0.5) is 0 Å². The van der Waals surface area contributed by atoms with Crippen LogP contribution in [0, 0.1) is 11.8 Å². The number of thiazole rings is 1. The van der Waals surface area contributed by atoms with Gasteiger partial charge in [-0.3, -0.25) is 9.59 Å². The summed E-state index contributed by atoms with van der Waals surface area (Å²) in [7, 11) is 0. The van der Waals surface area contributed by atoms with Gasteiger partial charge in [0.25, 0.3) is 0 Å². The standard InChI is InChI=1S/C14H20N2O3S/c1-14(2,13-15-7-8-20-13)16-11(17)9-3-5-10(6-4-9)12(18)19/h7-10H,3-6H2,1-2H3,(H,16,17)(H,18,19). The van der Waals surface area contributed by atoms with Gasteiger partial charge in [-0.05, 0) is 39.5 Å². The Balaban J connectivity index is 1.91. The van der Waals surface area contributed by atoms with E-state index in [-0.39, 0.29) is 17.7 Å². The molecule has 0 aliphatic heterocycles. The summed E-state index contributed by atoms with van der Waals surface area (Å²) in [6.45, 7) is 3.87. The number of carboxylic acid groups (broad SMARTS) is 1. The summed E-state index contributed by atoms with van der Waals surface area (Å²) in [5.41, 5.74) is -0.477. The first-order chi connectivity index (χ1) is 9.40.